The molecule has 4 bridgehead atoms. The first-order valence-electron chi connectivity index (χ1n) is 8.92. The van der Waals surface area contributed by atoms with Crippen molar-refractivity contribution in [3.05, 3.63) is 0 Å². The van der Waals surface area contributed by atoms with Crippen LogP contribution in [0.15, 0.2) is 0 Å². The quantitative estimate of drug-likeness (QED) is 0.782. The lowest BCUT2D eigenvalue weighted by Gasteiger charge is -2.56. The minimum Gasteiger partial charge on any atom is -0.343 e. The summed E-state index contributed by atoms with van der Waals surface area (Å²) in [5.74, 6) is 2.52. The molecule has 5 rings (SSSR count). The average molecular weight is 305 g/mol. The summed E-state index contributed by atoms with van der Waals surface area (Å²) in [4.78, 5) is 25.1. The Labute approximate surface area is 132 Å². The number of urea groups is 1. The highest BCUT2D eigenvalue weighted by atomic mass is 16.2. The zero-order valence-electron chi connectivity index (χ0n) is 13.2. The zero-order valence-corrected chi connectivity index (χ0v) is 13.2. The SMILES string of the molecule is O=CN1CCCC(NC(=O)NC23CC4CC(CC(C4)C2)C3)C1. The van der Waals surface area contributed by atoms with Gasteiger partial charge < -0.3 is 15.5 Å². The van der Waals surface area contributed by atoms with E-state index >= 15 is 0 Å². The molecule has 1 unspecified atom stereocenters. The first-order valence-corrected chi connectivity index (χ1v) is 8.92. The van der Waals surface area contributed by atoms with E-state index in [4.69, 9.17) is 0 Å². The van der Waals surface area contributed by atoms with E-state index in [0.717, 1.165) is 43.6 Å². The minimum absolute atomic E-state index is 0.0142. The summed E-state index contributed by atoms with van der Waals surface area (Å²) in [5, 5.41) is 6.46. The first kappa shape index (κ1) is 14.3. The molecule has 5 nitrogen and oxygen atoms in total. The number of amides is 3. The van der Waals surface area contributed by atoms with Crippen molar-refractivity contribution >= 4 is 12.4 Å². The van der Waals surface area contributed by atoms with Crippen LogP contribution in [0.5, 0.6) is 0 Å². The maximum Gasteiger partial charge on any atom is 0.315 e. The molecule has 3 amide bonds. The molecule has 4 saturated carbocycles. The van der Waals surface area contributed by atoms with Gasteiger partial charge in [0.05, 0.1) is 0 Å². The molecule has 4 aliphatic carbocycles. The first-order chi connectivity index (χ1) is 10.6. The molecule has 1 aliphatic heterocycles. The number of nitrogens with zero attached hydrogens (tertiary/aromatic N) is 1. The second-order valence-electron chi connectivity index (χ2n) is 8.24. The number of rotatable bonds is 3. The van der Waals surface area contributed by atoms with Gasteiger partial charge >= 0.3 is 6.03 Å². The summed E-state index contributed by atoms with van der Waals surface area (Å²) >= 11 is 0. The van der Waals surface area contributed by atoms with Crippen molar-refractivity contribution in [1.82, 2.24) is 15.5 Å². The Morgan fingerprint density at radius 3 is 2.32 bits per heavy atom. The Kier molecular flexibility index (Phi) is 3.54. The molecule has 0 aromatic rings. The van der Waals surface area contributed by atoms with Crippen molar-refractivity contribution in [1.29, 1.82) is 0 Å². The highest BCUT2D eigenvalue weighted by Gasteiger charge is 2.51. The molecule has 5 fully saturated rings. The Morgan fingerprint density at radius 2 is 1.73 bits per heavy atom. The second kappa shape index (κ2) is 5.43. The maximum atomic E-state index is 12.5. The number of carbonyl (C=O) groups is 2. The molecule has 1 atom stereocenters. The molecule has 0 radical (unpaired) electrons. The third kappa shape index (κ3) is 2.70. The third-order valence-electron chi connectivity index (χ3n) is 6.35. The van der Waals surface area contributed by atoms with Gasteiger partial charge in [-0.05, 0) is 69.1 Å². The number of likely N-dealkylation sites (tertiary alicyclic amines) is 1. The number of carbonyl (C=O) groups excluding carboxylic acids is 2. The van der Waals surface area contributed by atoms with Crippen LogP contribution in [0.1, 0.15) is 51.4 Å². The van der Waals surface area contributed by atoms with Crippen LogP contribution < -0.4 is 10.6 Å². The summed E-state index contributed by atoms with van der Waals surface area (Å²) in [6.45, 7) is 1.47. The number of hydrogen-bond donors (Lipinski definition) is 2. The van der Waals surface area contributed by atoms with E-state index in [1.807, 2.05) is 0 Å². The molecule has 5 aliphatic rings. The van der Waals surface area contributed by atoms with Crippen molar-refractivity contribution in [3.8, 4) is 0 Å². The van der Waals surface area contributed by atoms with E-state index in [1.165, 1.54) is 38.5 Å². The predicted octanol–water partition coefficient (Wildman–Crippen LogP) is 1.88. The molecule has 1 heterocycles. The summed E-state index contributed by atoms with van der Waals surface area (Å²) in [6.07, 6.45) is 10.5. The third-order valence-corrected chi connectivity index (χ3v) is 6.35. The van der Waals surface area contributed by atoms with Gasteiger partial charge in [-0.3, -0.25) is 4.79 Å². The molecule has 1 saturated heterocycles. The van der Waals surface area contributed by atoms with E-state index in [0.29, 0.717) is 6.54 Å². The summed E-state index contributed by atoms with van der Waals surface area (Å²) in [7, 11) is 0. The van der Waals surface area contributed by atoms with E-state index in [1.54, 1.807) is 4.90 Å². The van der Waals surface area contributed by atoms with E-state index in [2.05, 4.69) is 10.6 Å². The smallest absolute Gasteiger partial charge is 0.315 e. The van der Waals surface area contributed by atoms with E-state index in [-0.39, 0.29) is 17.6 Å². The monoisotopic (exact) mass is 305 g/mol. The van der Waals surface area contributed by atoms with Crippen LogP contribution in [0.4, 0.5) is 4.79 Å². The normalized spacial score (nSPS) is 43.0. The standard InChI is InChI=1S/C17H27N3O2/c21-11-20-3-1-2-15(10-20)18-16(22)19-17-7-12-4-13(8-17)6-14(5-12)9-17/h11-15H,1-10H2,(H2,18,19,22). The van der Waals surface area contributed by atoms with Gasteiger partial charge in [0.15, 0.2) is 0 Å². The summed E-state index contributed by atoms with van der Waals surface area (Å²) in [5.41, 5.74) is 0.0673. The highest BCUT2D eigenvalue weighted by molar-refractivity contribution is 5.75. The number of hydrogen-bond acceptors (Lipinski definition) is 2. The Bertz CT molecular complexity index is 430. The van der Waals surface area contributed by atoms with Crippen LogP contribution in [-0.4, -0.2) is 42.0 Å². The average Bonchev–Trinajstić information content (AvgIpc) is 2.45. The molecule has 2 N–H and O–H groups in total. The lowest BCUT2D eigenvalue weighted by atomic mass is 9.53. The molecular formula is C17H27N3O2. The fraction of sp³-hybridized carbons (Fsp3) is 0.882. The molecule has 122 valence electrons. The van der Waals surface area contributed by atoms with Crippen LogP contribution >= 0.6 is 0 Å². The van der Waals surface area contributed by atoms with Gasteiger partial charge in [0, 0.05) is 24.7 Å². The fourth-order valence-corrected chi connectivity index (χ4v) is 5.95. The second-order valence-corrected chi connectivity index (χ2v) is 8.24. The lowest BCUT2D eigenvalue weighted by molar-refractivity contribution is -0.119. The van der Waals surface area contributed by atoms with E-state index < -0.39 is 0 Å². The summed E-state index contributed by atoms with van der Waals surface area (Å²) < 4.78 is 0. The number of nitrogens with one attached hydrogen (secondary N) is 2. The maximum absolute atomic E-state index is 12.5. The molecule has 5 heteroatoms. The fourth-order valence-electron chi connectivity index (χ4n) is 5.95. The van der Waals surface area contributed by atoms with Crippen molar-refractivity contribution in [3.63, 3.8) is 0 Å². The van der Waals surface area contributed by atoms with Crippen molar-refractivity contribution in [2.24, 2.45) is 17.8 Å². The van der Waals surface area contributed by atoms with Gasteiger partial charge in [-0.15, -0.1) is 0 Å². The van der Waals surface area contributed by atoms with Gasteiger partial charge in [-0.1, -0.05) is 0 Å². The molecule has 22 heavy (non-hydrogen) atoms. The summed E-state index contributed by atoms with van der Waals surface area (Å²) in [6, 6.07) is 0.0903. The van der Waals surface area contributed by atoms with Crippen molar-refractivity contribution < 1.29 is 9.59 Å². The lowest BCUT2D eigenvalue weighted by Crippen LogP contribution is -2.62. The van der Waals surface area contributed by atoms with Crippen LogP contribution in [0.2, 0.25) is 0 Å². The topological polar surface area (TPSA) is 61.4 Å². The number of piperidine rings is 1. The van der Waals surface area contributed by atoms with Gasteiger partial charge in [-0.25, -0.2) is 4.79 Å². The Morgan fingerprint density at radius 1 is 1.09 bits per heavy atom. The van der Waals surface area contributed by atoms with Crippen molar-refractivity contribution in [2.75, 3.05) is 13.1 Å². The van der Waals surface area contributed by atoms with Gasteiger partial charge in [0.1, 0.15) is 0 Å². The Balaban J connectivity index is 1.35. The van der Waals surface area contributed by atoms with Gasteiger partial charge in [-0.2, -0.15) is 0 Å². The molecule has 0 aromatic heterocycles. The van der Waals surface area contributed by atoms with E-state index in [9.17, 15) is 9.59 Å². The molecule has 0 spiro atoms. The van der Waals surface area contributed by atoms with Crippen LogP contribution in [0.3, 0.4) is 0 Å². The predicted molar refractivity (Wildman–Crippen MR) is 83.2 cm³/mol. The molecular weight excluding hydrogens is 278 g/mol. The van der Waals surface area contributed by atoms with Crippen LogP contribution in [0.25, 0.3) is 0 Å². The largest absolute Gasteiger partial charge is 0.343 e. The Hall–Kier alpha value is -1.26. The van der Waals surface area contributed by atoms with Crippen molar-refractivity contribution in [2.45, 2.75) is 62.9 Å². The zero-order chi connectivity index (χ0) is 15.2. The van der Waals surface area contributed by atoms with Crippen LogP contribution in [0, 0.1) is 17.8 Å². The van der Waals surface area contributed by atoms with Crippen LogP contribution in [-0.2, 0) is 4.79 Å². The molecule has 0 aromatic carbocycles. The van der Waals surface area contributed by atoms with Gasteiger partial charge in [0.25, 0.3) is 0 Å². The highest BCUT2D eigenvalue weighted by Crippen LogP contribution is 2.55. The minimum atomic E-state index is -0.0142. The van der Waals surface area contributed by atoms with Gasteiger partial charge in [0.2, 0.25) is 6.41 Å².